The van der Waals surface area contributed by atoms with Crippen molar-refractivity contribution >= 4 is 17.9 Å². The summed E-state index contributed by atoms with van der Waals surface area (Å²) in [6, 6.07) is 8.58. The molecule has 3 nitrogen and oxygen atoms in total. The molecule has 0 saturated heterocycles. The molecule has 0 aliphatic heterocycles. The monoisotopic (exact) mass is 236 g/mol. The Hall–Kier alpha value is -1.74. The van der Waals surface area contributed by atoms with Gasteiger partial charge < -0.3 is 9.15 Å². The van der Waals surface area contributed by atoms with Gasteiger partial charge in [-0.05, 0) is 24.3 Å². The zero-order valence-corrected chi connectivity index (χ0v) is 9.32. The van der Waals surface area contributed by atoms with Crippen molar-refractivity contribution in [3.63, 3.8) is 0 Å². The van der Waals surface area contributed by atoms with E-state index in [2.05, 4.69) is 0 Å². The van der Waals surface area contributed by atoms with Gasteiger partial charge in [-0.1, -0.05) is 17.7 Å². The number of hydrogen-bond acceptors (Lipinski definition) is 3. The van der Waals surface area contributed by atoms with Gasteiger partial charge in [-0.3, -0.25) is 4.79 Å². The fourth-order valence-corrected chi connectivity index (χ4v) is 1.72. The Morgan fingerprint density at radius 2 is 2.12 bits per heavy atom. The molecule has 16 heavy (non-hydrogen) atoms. The van der Waals surface area contributed by atoms with Gasteiger partial charge in [-0.2, -0.15) is 0 Å². The summed E-state index contributed by atoms with van der Waals surface area (Å²) in [5.41, 5.74) is 0.653. The summed E-state index contributed by atoms with van der Waals surface area (Å²) in [6.07, 6.45) is 0.646. The SMILES string of the molecule is COc1cccc(Cl)c1-c1ccc(C=O)o1. The molecule has 0 N–H and O–H groups in total. The first kappa shape index (κ1) is 10.8. The number of halogens is 1. The van der Waals surface area contributed by atoms with Crippen molar-refractivity contribution in [3.05, 3.63) is 41.1 Å². The molecule has 1 aromatic heterocycles. The van der Waals surface area contributed by atoms with E-state index in [0.29, 0.717) is 28.4 Å². The maximum absolute atomic E-state index is 10.5. The van der Waals surface area contributed by atoms with Gasteiger partial charge in [0.2, 0.25) is 0 Å². The van der Waals surface area contributed by atoms with Gasteiger partial charge in [0.05, 0.1) is 17.7 Å². The number of aldehydes is 1. The summed E-state index contributed by atoms with van der Waals surface area (Å²) in [7, 11) is 1.55. The Labute approximate surface area is 97.6 Å². The topological polar surface area (TPSA) is 39.4 Å². The van der Waals surface area contributed by atoms with Crippen molar-refractivity contribution in [2.24, 2.45) is 0 Å². The molecule has 1 aromatic carbocycles. The van der Waals surface area contributed by atoms with Crippen LogP contribution >= 0.6 is 11.6 Å². The van der Waals surface area contributed by atoms with Crippen LogP contribution in [0.5, 0.6) is 5.75 Å². The van der Waals surface area contributed by atoms with Crippen molar-refractivity contribution in [2.75, 3.05) is 7.11 Å². The molecular weight excluding hydrogens is 228 g/mol. The Morgan fingerprint density at radius 1 is 1.31 bits per heavy atom. The van der Waals surface area contributed by atoms with Crippen LogP contribution in [0.25, 0.3) is 11.3 Å². The van der Waals surface area contributed by atoms with Crippen LogP contribution in [-0.4, -0.2) is 13.4 Å². The number of furan rings is 1. The lowest BCUT2D eigenvalue weighted by Gasteiger charge is -2.07. The molecule has 0 aliphatic carbocycles. The normalized spacial score (nSPS) is 10.1. The number of carbonyl (C=O) groups excluding carboxylic acids is 1. The average molecular weight is 237 g/mol. The van der Waals surface area contributed by atoms with Crippen LogP contribution in [0.15, 0.2) is 34.7 Å². The lowest BCUT2D eigenvalue weighted by Crippen LogP contribution is -1.87. The van der Waals surface area contributed by atoms with Gasteiger partial charge in [0.25, 0.3) is 0 Å². The zero-order chi connectivity index (χ0) is 11.5. The smallest absolute Gasteiger partial charge is 0.185 e. The number of benzene rings is 1. The Balaban J connectivity index is 2.57. The fraction of sp³-hybridized carbons (Fsp3) is 0.0833. The number of hydrogen-bond donors (Lipinski definition) is 0. The number of rotatable bonds is 3. The van der Waals surface area contributed by atoms with Gasteiger partial charge in [0.1, 0.15) is 11.5 Å². The zero-order valence-electron chi connectivity index (χ0n) is 8.57. The van der Waals surface area contributed by atoms with E-state index in [-0.39, 0.29) is 5.76 Å². The van der Waals surface area contributed by atoms with E-state index >= 15 is 0 Å². The van der Waals surface area contributed by atoms with Crippen molar-refractivity contribution < 1.29 is 13.9 Å². The number of carbonyl (C=O) groups is 1. The van der Waals surface area contributed by atoms with Crippen molar-refractivity contribution in [1.29, 1.82) is 0 Å². The molecule has 0 atom stereocenters. The fourth-order valence-electron chi connectivity index (χ4n) is 1.46. The first-order valence-electron chi connectivity index (χ1n) is 4.64. The quantitative estimate of drug-likeness (QED) is 0.767. The van der Waals surface area contributed by atoms with Gasteiger partial charge in [-0.15, -0.1) is 0 Å². The highest BCUT2D eigenvalue weighted by molar-refractivity contribution is 6.33. The van der Waals surface area contributed by atoms with Crippen LogP contribution in [-0.2, 0) is 0 Å². The minimum atomic E-state index is 0.261. The van der Waals surface area contributed by atoms with Crippen molar-refractivity contribution in [3.8, 4) is 17.1 Å². The Kier molecular flexibility index (Phi) is 2.97. The molecule has 2 aromatic rings. The average Bonchev–Trinajstić information content (AvgIpc) is 2.76. The Morgan fingerprint density at radius 3 is 2.75 bits per heavy atom. The van der Waals surface area contributed by atoms with E-state index in [0.717, 1.165) is 0 Å². The molecule has 82 valence electrons. The molecule has 0 aliphatic rings. The molecule has 0 amide bonds. The molecular formula is C12H9ClO3. The third-order valence-electron chi connectivity index (χ3n) is 2.18. The predicted molar refractivity (Wildman–Crippen MR) is 61.1 cm³/mol. The molecule has 0 unspecified atom stereocenters. The first-order chi connectivity index (χ1) is 7.76. The van der Waals surface area contributed by atoms with Gasteiger partial charge in [-0.25, -0.2) is 0 Å². The van der Waals surface area contributed by atoms with E-state index in [1.54, 1.807) is 37.4 Å². The first-order valence-corrected chi connectivity index (χ1v) is 5.02. The van der Waals surface area contributed by atoms with E-state index in [9.17, 15) is 4.79 Å². The van der Waals surface area contributed by atoms with E-state index < -0.39 is 0 Å². The maximum atomic E-state index is 10.5. The highest BCUT2D eigenvalue weighted by atomic mass is 35.5. The minimum Gasteiger partial charge on any atom is -0.496 e. The predicted octanol–water partition coefficient (Wildman–Crippen LogP) is 3.42. The van der Waals surface area contributed by atoms with Crippen LogP contribution in [0.1, 0.15) is 10.6 Å². The molecule has 0 fully saturated rings. The summed E-state index contributed by atoms with van der Waals surface area (Å²) in [4.78, 5) is 10.5. The van der Waals surface area contributed by atoms with Gasteiger partial charge >= 0.3 is 0 Å². The van der Waals surface area contributed by atoms with Crippen LogP contribution in [0, 0.1) is 0 Å². The lowest BCUT2D eigenvalue weighted by molar-refractivity contribution is 0.110. The number of methoxy groups -OCH3 is 1. The van der Waals surface area contributed by atoms with E-state index in [4.69, 9.17) is 20.8 Å². The third kappa shape index (κ3) is 1.82. The summed E-state index contributed by atoms with van der Waals surface area (Å²) in [5, 5.41) is 0.520. The van der Waals surface area contributed by atoms with Gasteiger partial charge in [0.15, 0.2) is 12.0 Å². The molecule has 0 radical (unpaired) electrons. The third-order valence-corrected chi connectivity index (χ3v) is 2.50. The highest BCUT2D eigenvalue weighted by Crippen LogP contribution is 2.36. The number of ether oxygens (including phenoxy) is 1. The molecule has 0 saturated carbocycles. The van der Waals surface area contributed by atoms with Crippen LogP contribution in [0.3, 0.4) is 0 Å². The minimum absolute atomic E-state index is 0.261. The second-order valence-corrected chi connectivity index (χ2v) is 3.54. The lowest BCUT2D eigenvalue weighted by atomic mass is 10.1. The summed E-state index contributed by atoms with van der Waals surface area (Å²) >= 11 is 6.07. The highest BCUT2D eigenvalue weighted by Gasteiger charge is 2.13. The maximum Gasteiger partial charge on any atom is 0.185 e. The van der Waals surface area contributed by atoms with Crippen molar-refractivity contribution in [1.82, 2.24) is 0 Å². The molecule has 1 heterocycles. The summed E-state index contributed by atoms with van der Waals surface area (Å²) < 4.78 is 10.5. The van der Waals surface area contributed by atoms with Gasteiger partial charge in [0, 0.05) is 0 Å². The van der Waals surface area contributed by atoms with E-state index in [1.807, 2.05) is 0 Å². The standard InChI is InChI=1S/C12H9ClO3/c1-15-10-4-2-3-9(13)12(10)11-6-5-8(7-14)16-11/h2-7H,1H3. The van der Waals surface area contributed by atoms with E-state index in [1.165, 1.54) is 0 Å². The Bertz CT molecular complexity index is 517. The molecule has 2 rings (SSSR count). The summed E-state index contributed by atoms with van der Waals surface area (Å²) in [5.74, 6) is 1.39. The second kappa shape index (κ2) is 4.41. The van der Waals surface area contributed by atoms with Crippen LogP contribution in [0.4, 0.5) is 0 Å². The summed E-state index contributed by atoms with van der Waals surface area (Å²) in [6.45, 7) is 0. The molecule has 0 bridgehead atoms. The van der Waals surface area contributed by atoms with Crippen LogP contribution < -0.4 is 4.74 Å². The second-order valence-electron chi connectivity index (χ2n) is 3.14. The molecule has 0 spiro atoms. The molecule has 4 heteroatoms. The largest absolute Gasteiger partial charge is 0.496 e. The van der Waals surface area contributed by atoms with Crippen LogP contribution in [0.2, 0.25) is 5.02 Å². The van der Waals surface area contributed by atoms with Crippen molar-refractivity contribution in [2.45, 2.75) is 0 Å².